The molecule has 1 aromatic rings. The van der Waals surface area contributed by atoms with Gasteiger partial charge in [0.05, 0.1) is 0 Å². The Bertz CT molecular complexity index is 415. The summed E-state index contributed by atoms with van der Waals surface area (Å²) in [5.74, 6) is 0. The van der Waals surface area contributed by atoms with Crippen LogP contribution in [0.2, 0.25) is 0 Å². The van der Waals surface area contributed by atoms with Gasteiger partial charge in [-0.05, 0) is 52.3 Å². The first kappa shape index (κ1) is 16.5. The predicted octanol–water partition coefficient (Wildman–Crippen LogP) is 4.22. The SMILES string of the molecule is CCN(CCC(NC)c1cc(C)cc(C)c1)C1CCCC1. The minimum absolute atomic E-state index is 0.471. The molecule has 0 heterocycles. The molecule has 2 rings (SSSR count). The third-order valence-electron chi connectivity index (χ3n) is 4.95. The zero-order valence-electron chi connectivity index (χ0n) is 14.3. The summed E-state index contributed by atoms with van der Waals surface area (Å²) in [7, 11) is 2.09. The third kappa shape index (κ3) is 4.55. The van der Waals surface area contributed by atoms with Gasteiger partial charge in [0.25, 0.3) is 0 Å². The minimum atomic E-state index is 0.471. The Kier molecular flexibility index (Phi) is 6.25. The van der Waals surface area contributed by atoms with Gasteiger partial charge < -0.3 is 10.2 Å². The second kappa shape index (κ2) is 7.95. The molecule has 0 aliphatic heterocycles. The topological polar surface area (TPSA) is 15.3 Å². The molecule has 1 N–H and O–H groups in total. The van der Waals surface area contributed by atoms with Crippen molar-refractivity contribution in [2.75, 3.05) is 20.1 Å². The fourth-order valence-electron chi connectivity index (χ4n) is 3.85. The quantitative estimate of drug-likeness (QED) is 0.808. The van der Waals surface area contributed by atoms with Crippen LogP contribution in [-0.2, 0) is 0 Å². The number of benzene rings is 1. The molecule has 0 aromatic heterocycles. The monoisotopic (exact) mass is 288 g/mol. The van der Waals surface area contributed by atoms with Gasteiger partial charge in [-0.15, -0.1) is 0 Å². The molecule has 0 bridgehead atoms. The van der Waals surface area contributed by atoms with Gasteiger partial charge in [0.15, 0.2) is 0 Å². The van der Waals surface area contributed by atoms with E-state index in [2.05, 4.69) is 56.2 Å². The maximum atomic E-state index is 3.52. The molecular weight excluding hydrogens is 256 g/mol. The van der Waals surface area contributed by atoms with Crippen molar-refractivity contribution in [2.24, 2.45) is 0 Å². The molecular formula is C19H32N2. The molecule has 1 unspecified atom stereocenters. The number of rotatable bonds is 7. The molecule has 0 radical (unpaired) electrons. The average molecular weight is 288 g/mol. The largest absolute Gasteiger partial charge is 0.313 e. The van der Waals surface area contributed by atoms with Gasteiger partial charge in [0.1, 0.15) is 0 Å². The van der Waals surface area contributed by atoms with E-state index in [0.717, 1.165) is 6.04 Å². The number of nitrogens with one attached hydrogen (secondary N) is 1. The molecule has 1 aromatic carbocycles. The highest BCUT2D eigenvalue weighted by atomic mass is 15.2. The van der Waals surface area contributed by atoms with Crippen LogP contribution in [0.4, 0.5) is 0 Å². The predicted molar refractivity (Wildman–Crippen MR) is 91.8 cm³/mol. The molecule has 2 nitrogen and oxygen atoms in total. The van der Waals surface area contributed by atoms with Gasteiger partial charge in [-0.3, -0.25) is 0 Å². The van der Waals surface area contributed by atoms with Crippen LogP contribution in [0.3, 0.4) is 0 Å². The van der Waals surface area contributed by atoms with E-state index in [0.29, 0.717) is 6.04 Å². The number of hydrogen-bond donors (Lipinski definition) is 1. The Hall–Kier alpha value is -0.860. The number of aryl methyl sites for hydroxylation is 2. The Morgan fingerprint density at radius 2 is 1.76 bits per heavy atom. The first-order chi connectivity index (χ1) is 10.1. The molecule has 21 heavy (non-hydrogen) atoms. The molecule has 0 spiro atoms. The van der Waals surface area contributed by atoms with Gasteiger partial charge in [-0.25, -0.2) is 0 Å². The molecule has 1 aliphatic carbocycles. The molecule has 1 atom stereocenters. The summed E-state index contributed by atoms with van der Waals surface area (Å²) < 4.78 is 0. The Labute approximate surface area is 130 Å². The summed E-state index contributed by atoms with van der Waals surface area (Å²) in [6, 6.07) is 8.23. The van der Waals surface area contributed by atoms with Gasteiger partial charge in [-0.1, -0.05) is 49.1 Å². The van der Waals surface area contributed by atoms with Gasteiger partial charge in [0, 0.05) is 18.6 Å². The van der Waals surface area contributed by atoms with Crippen molar-refractivity contribution >= 4 is 0 Å². The fourth-order valence-corrected chi connectivity index (χ4v) is 3.85. The molecule has 1 saturated carbocycles. The number of nitrogens with zero attached hydrogens (tertiary/aromatic N) is 1. The number of hydrogen-bond acceptors (Lipinski definition) is 2. The smallest absolute Gasteiger partial charge is 0.0329 e. The van der Waals surface area contributed by atoms with E-state index in [9.17, 15) is 0 Å². The van der Waals surface area contributed by atoms with Crippen LogP contribution >= 0.6 is 0 Å². The maximum absolute atomic E-state index is 3.52. The van der Waals surface area contributed by atoms with Crippen molar-refractivity contribution in [1.29, 1.82) is 0 Å². The summed E-state index contributed by atoms with van der Waals surface area (Å²) >= 11 is 0. The van der Waals surface area contributed by atoms with Crippen molar-refractivity contribution in [3.8, 4) is 0 Å². The summed E-state index contributed by atoms with van der Waals surface area (Å²) in [6.07, 6.45) is 6.86. The van der Waals surface area contributed by atoms with E-state index in [-0.39, 0.29) is 0 Å². The second-order valence-electron chi connectivity index (χ2n) is 6.62. The second-order valence-corrected chi connectivity index (χ2v) is 6.62. The Balaban J connectivity index is 1.97. The fraction of sp³-hybridized carbons (Fsp3) is 0.684. The minimum Gasteiger partial charge on any atom is -0.313 e. The van der Waals surface area contributed by atoms with Crippen molar-refractivity contribution in [2.45, 2.75) is 65.0 Å². The lowest BCUT2D eigenvalue weighted by Crippen LogP contribution is -2.35. The van der Waals surface area contributed by atoms with Crippen LogP contribution in [0.15, 0.2) is 18.2 Å². The van der Waals surface area contributed by atoms with Gasteiger partial charge in [-0.2, -0.15) is 0 Å². The summed E-state index contributed by atoms with van der Waals surface area (Å²) in [5.41, 5.74) is 4.18. The summed E-state index contributed by atoms with van der Waals surface area (Å²) in [6.45, 7) is 9.09. The lowest BCUT2D eigenvalue weighted by Gasteiger charge is -2.29. The molecule has 118 valence electrons. The lowest BCUT2D eigenvalue weighted by molar-refractivity contribution is 0.199. The van der Waals surface area contributed by atoms with Crippen LogP contribution < -0.4 is 5.32 Å². The first-order valence-corrected chi connectivity index (χ1v) is 8.63. The van der Waals surface area contributed by atoms with E-state index in [1.807, 2.05) is 0 Å². The summed E-state index contributed by atoms with van der Waals surface area (Å²) in [4.78, 5) is 2.69. The van der Waals surface area contributed by atoms with E-state index in [4.69, 9.17) is 0 Å². The Morgan fingerprint density at radius 3 is 2.29 bits per heavy atom. The standard InChI is InChI=1S/C19H32N2/c1-5-21(18-8-6-7-9-18)11-10-19(20-4)17-13-15(2)12-16(3)14-17/h12-14,18-20H,5-11H2,1-4H3. The van der Waals surface area contributed by atoms with Crippen molar-refractivity contribution in [3.05, 3.63) is 34.9 Å². The molecule has 0 amide bonds. The zero-order chi connectivity index (χ0) is 15.2. The first-order valence-electron chi connectivity index (χ1n) is 8.63. The average Bonchev–Trinajstić information content (AvgIpc) is 2.96. The van der Waals surface area contributed by atoms with Gasteiger partial charge in [0.2, 0.25) is 0 Å². The molecule has 1 aliphatic rings. The highest BCUT2D eigenvalue weighted by Crippen LogP contribution is 2.25. The summed E-state index contributed by atoms with van der Waals surface area (Å²) in [5, 5.41) is 3.52. The van der Waals surface area contributed by atoms with Gasteiger partial charge >= 0.3 is 0 Å². The van der Waals surface area contributed by atoms with Crippen molar-refractivity contribution < 1.29 is 0 Å². The van der Waals surface area contributed by atoms with E-state index in [1.165, 1.54) is 61.9 Å². The maximum Gasteiger partial charge on any atom is 0.0329 e. The molecule has 2 heteroatoms. The molecule has 1 fully saturated rings. The van der Waals surface area contributed by atoms with Crippen LogP contribution in [-0.4, -0.2) is 31.1 Å². The highest BCUT2D eigenvalue weighted by Gasteiger charge is 2.22. The zero-order valence-corrected chi connectivity index (χ0v) is 14.3. The van der Waals surface area contributed by atoms with E-state index < -0.39 is 0 Å². The van der Waals surface area contributed by atoms with E-state index in [1.54, 1.807) is 0 Å². The third-order valence-corrected chi connectivity index (χ3v) is 4.95. The highest BCUT2D eigenvalue weighted by molar-refractivity contribution is 5.30. The van der Waals surface area contributed by atoms with Crippen molar-refractivity contribution in [1.82, 2.24) is 10.2 Å². The Morgan fingerprint density at radius 1 is 1.14 bits per heavy atom. The van der Waals surface area contributed by atoms with Crippen LogP contribution in [0.25, 0.3) is 0 Å². The molecule has 0 saturated heterocycles. The normalized spacial score (nSPS) is 17.6. The van der Waals surface area contributed by atoms with E-state index >= 15 is 0 Å². The van der Waals surface area contributed by atoms with Crippen molar-refractivity contribution in [3.63, 3.8) is 0 Å². The van der Waals surface area contributed by atoms with Crippen LogP contribution in [0, 0.1) is 13.8 Å². The van der Waals surface area contributed by atoms with Crippen LogP contribution in [0.1, 0.15) is 61.8 Å². The lowest BCUT2D eigenvalue weighted by atomic mass is 9.98. The van der Waals surface area contributed by atoms with Crippen LogP contribution in [0.5, 0.6) is 0 Å².